The maximum atomic E-state index is 13.6. The lowest BCUT2D eigenvalue weighted by Crippen LogP contribution is -2.34. The molecule has 2 amide bonds. The van der Waals surface area contributed by atoms with Gasteiger partial charge in [0.2, 0.25) is 0 Å². The number of hydrogen-bond donors (Lipinski definition) is 3. The normalized spacial score (nSPS) is 10.6. The minimum Gasteiger partial charge on any atom is -0.466 e. The number of amides is 2. The summed E-state index contributed by atoms with van der Waals surface area (Å²) in [7, 11) is 1.90. The van der Waals surface area contributed by atoms with Crippen LogP contribution in [0.2, 0.25) is 0 Å². The van der Waals surface area contributed by atoms with Gasteiger partial charge in [0.1, 0.15) is 17.5 Å². The monoisotopic (exact) mass is 669 g/mol. The van der Waals surface area contributed by atoms with Gasteiger partial charge in [-0.15, -0.1) is 0 Å². The van der Waals surface area contributed by atoms with Crippen molar-refractivity contribution in [2.24, 2.45) is 7.05 Å². The lowest BCUT2D eigenvalue weighted by molar-refractivity contribution is -0.142. The third-order valence-corrected chi connectivity index (χ3v) is 6.56. The summed E-state index contributed by atoms with van der Waals surface area (Å²) < 4.78 is 11.5. The van der Waals surface area contributed by atoms with Gasteiger partial charge in [-0.1, -0.05) is 6.07 Å². The van der Waals surface area contributed by atoms with E-state index in [0.717, 1.165) is 17.0 Å². The molecule has 212 valence electrons. The summed E-state index contributed by atoms with van der Waals surface area (Å²) >= 11 is 1.45. The summed E-state index contributed by atoms with van der Waals surface area (Å²) in [5.74, 6) is 0.434. The predicted molar refractivity (Wildman–Crippen MR) is 162 cm³/mol. The van der Waals surface area contributed by atoms with E-state index in [1.54, 1.807) is 67.7 Å². The number of anilines is 2. The van der Waals surface area contributed by atoms with Crippen LogP contribution < -0.4 is 15.5 Å². The summed E-state index contributed by atoms with van der Waals surface area (Å²) in [6.45, 7) is 2.54. The molecule has 0 spiro atoms. The molecule has 0 saturated heterocycles. The number of nitrogens with one attached hydrogen (secondary N) is 3. The minimum absolute atomic E-state index is 0.0431. The van der Waals surface area contributed by atoms with Crippen LogP contribution in [-0.2, 0) is 26.2 Å². The van der Waals surface area contributed by atoms with Crippen LogP contribution in [-0.4, -0.2) is 51.5 Å². The highest BCUT2D eigenvalue weighted by Gasteiger charge is 2.21. The Bertz CT molecular complexity index is 1560. The van der Waals surface area contributed by atoms with Gasteiger partial charge >= 0.3 is 12.1 Å². The van der Waals surface area contributed by atoms with E-state index in [9.17, 15) is 14.4 Å². The number of esters is 1. The fraction of sp³-hybridized carbons (Fsp3) is 0.214. The van der Waals surface area contributed by atoms with Crippen LogP contribution in [0.1, 0.15) is 35.1 Å². The number of fused-ring (bicyclic) bond motifs is 1. The van der Waals surface area contributed by atoms with Crippen molar-refractivity contribution in [1.29, 1.82) is 5.41 Å². The number of halogens is 1. The number of amidine groups is 1. The van der Waals surface area contributed by atoms with Crippen molar-refractivity contribution < 1.29 is 22.2 Å². The number of nitrogens with zero attached hydrogens (tertiary/aromatic N) is 4. The molecular formula is C28H28IN7O5. The van der Waals surface area contributed by atoms with Gasteiger partial charge in [-0.3, -0.25) is 25.2 Å². The molecule has 0 saturated carbocycles. The summed E-state index contributed by atoms with van der Waals surface area (Å²) in [6.07, 6.45) is 0.921. The molecule has 2 heterocycles. The Morgan fingerprint density at radius 1 is 1.07 bits per heavy atom. The Balaban J connectivity index is 1.48. The second-order valence-corrected chi connectivity index (χ2v) is 9.23. The Labute approximate surface area is 250 Å². The predicted octanol–water partition coefficient (Wildman–Crippen LogP) is 4.58. The zero-order valence-corrected chi connectivity index (χ0v) is 24.5. The summed E-state index contributed by atoms with van der Waals surface area (Å²) in [6, 6.07) is 17.6. The zero-order chi connectivity index (χ0) is 29.4. The quantitative estimate of drug-likeness (QED) is 0.0961. The number of rotatable bonds is 10. The van der Waals surface area contributed by atoms with E-state index in [1.807, 2.05) is 17.7 Å². The van der Waals surface area contributed by atoms with Crippen molar-refractivity contribution in [2.45, 2.75) is 19.9 Å². The van der Waals surface area contributed by atoms with Gasteiger partial charge in [-0.25, -0.2) is 14.8 Å². The van der Waals surface area contributed by atoms with Crippen LogP contribution >= 0.6 is 23.0 Å². The van der Waals surface area contributed by atoms with E-state index in [1.165, 1.54) is 27.9 Å². The average molecular weight is 669 g/mol. The molecule has 0 fully saturated rings. The van der Waals surface area contributed by atoms with Crippen LogP contribution in [0.15, 0.2) is 66.9 Å². The maximum Gasteiger partial charge on any atom is 0.422 e. The molecule has 12 nitrogen and oxygen atoms in total. The molecule has 4 rings (SSSR count). The Kier molecular flexibility index (Phi) is 9.84. The number of carbonyl (C=O) groups is 3. The van der Waals surface area contributed by atoms with Crippen molar-refractivity contribution in [1.82, 2.24) is 19.9 Å². The van der Waals surface area contributed by atoms with Crippen LogP contribution in [0.3, 0.4) is 0 Å². The Morgan fingerprint density at radius 3 is 2.51 bits per heavy atom. The first-order chi connectivity index (χ1) is 19.8. The fourth-order valence-corrected chi connectivity index (χ4v) is 4.21. The molecule has 4 aromatic rings. The summed E-state index contributed by atoms with van der Waals surface area (Å²) in [4.78, 5) is 47.4. The molecule has 3 N–H and O–H groups in total. The SMILES string of the molecule is CCOC(=O)CCN(C(=O)c1ccc2c(c1)nc(CNc1ccc(C(=N)NC(=O)OI)cc1)n2C)c1ccccn1. The van der Waals surface area contributed by atoms with Crippen molar-refractivity contribution in [2.75, 3.05) is 23.4 Å². The highest BCUT2D eigenvalue weighted by Crippen LogP contribution is 2.21. The van der Waals surface area contributed by atoms with E-state index in [2.05, 4.69) is 18.7 Å². The molecule has 2 aromatic heterocycles. The van der Waals surface area contributed by atoms with Gasteiger partial charge in [0.25, 0.3) is 5.91 Å². The maximum absolute atomic E-state index is 13.6. The second-order valence-electron chi connectivity index (χ2n) is 8.79. The first-order valence-electron chi connectivity index (χ1n) is 12.7. The number of aromatic nitrogens is 3. The van der Waals surface area contributed by atoms with Gasteiger partial charge in [0, 0.05) is 36.6 Å². The Morgan fingerprint density at radius 2 is 1.83 bits per heavy atom. The standard InChI is InChI=1S/C28H28IN7O5/c1-3-40-25(37)13-15-36(23-6-4-5-14-31-23)27(38)19-9-12-22-21(16-19)33-24(35(22)2)17-32-20-10-7-18(8-11-20)26(30)34-28(39)41-29/h4-12,14,16,32H,3,13,15,17H2,1-2H3,(H2,30,34,39). The average Bonchev–Trinajstić information content (AvgIpc) is 3.31. The molecule has 13 heteroatoms. The van der Waals surface area contributed by atoms with E-state index in [-0.39, 0.29) is 37.3 Å². The largest absolute Gasteiger partial charge is 0.466 e. The van der Waals surface area contributed by atoms with E-state index in [4.69, 9.17) is 15.1 Å². The topological polar surface area (TPSA) is 152 Å². The van der Waals surface area contributed by atoms with Crippen LogP contribution in [0.5, 0.6) is 0 Å². The highest BCUT2D eigenvalue weighted by molar-refractivity contribution is 14.1. The fourth-order valence-electron chi connectivity index (χ4n) is 4.10. The van der Waals surface area contributed by atoms with Crippen LogP contribution in [0, 0.1) is 5.41 Å². The molecule has 0 aliphatic rings. The smallest absolute Gasteiger partial charge is 0.422 e. The van der Waals surface area contributed by atoms with Gasteiger partial charge in [0.05, 0.1) is 30.6 Å². The van der Waals surface area contributed by atoms with Crippen LogP contribution in [0.25, 0.3) is 11.0 Å². The third kappa shape index (κ3) is 7.36. The van der Waals surface area contributed by atoms with Gasteiger partial charge < -0.3 is 17.7 Å². The molecule has 0 atom stereocenters. The van der Waals surface area contributed by atoms with Crippen molar-refractivity contribution in [3.05, 3.63) is 83.8 Å². The van der Waals surface area contributed by atoms with E-state index in [0.29, 0.717) is 29.0 Å². The Hall–Kier alpha value is -4.53. The molecule has 2 aromatic carbocycles. The zero-order valence-electron chi connectivity index (χ0n) is 22.4. The molecule has 0 aliphatic carbocycles. The van der Waals surface area contributed by atoms with Crippen LogP contribution in [0.4, 0.5) is 16.3 Å². The number of imidazole rings is 1. The third-order valence-electron chi connectivity index (χ3n) is 6.16. The number of ether oxygens (including phenoxy) is 1. The number of hydrogen-bond acceptors (Lipinski definition) is 9. The number of pyridine rings is 1. The number of carbonyl (C=O) groups excluding carboxylic acids is 3. The van der Waals surface area contributed by atoms with Gasteiger partial charge in [-0.05, 0) is 61.5 Å². The summed E-state index contributed by atoms with van der Waals surface area (Å²) in [5, 5.41) is 13.6. The first kappa shape index (κ1) is 29.5. The lowest BCUT2D eigenvalue weighted by atomic mass is 10.1. The number of benzene rings is 2. The lowest BCUT2D eigenvalue weighted by Gasteiger charge is -2.21. The second kappa shape index (κ2) is 13.7. The molecule has 0 bridgehead atoms. The summed E-state index contributed by atoms with van der Waals surface area (Å²) in [5.41, 5.74) is 3.25. The van der Waals surface area contributed by atoms with Crippen molar-refractivity contribution >= 4 is 69.3 Å². The van der Waals surface area contributed by atoms with Gasteiger partial charge in [0.15, 0.2) is 23.0 Å². The molecule has 0 unspecified atom stereocenters. The molecule has 41 heavy (non-hydrogen) atoms. The minimum atomic E-state index is -0.717. The highest BCUT2D eigenvalue weighted by atomic mass is 127. The number of aryl methyl sites for hydroxylation is 1. The molecule has 0 aliphatic heterocycles. The first-order valence-corrected chi connectivity index (χ1v) is 13.5. The van der Waals surface area contributed by atoms with Gasteiger partial charge in [-0.2, -0.15) is 0 Å². The van der Waals surface area contributed by atoms with E-state index >= 15 is 0 Å². The van der Waals surface area contributed by atoms with Crippen molar-refractivity contribution in [3.63, 3.8) is 0 Å². The molecule has 0 radical (unpaired) electrons. The van der Waals surface area contributed by atoms with Crippen molar-refractivity contribution in [3.8, 4) is 0 Å². The van der Waals surface area contributed by atoms with E-state index < -0.39 is 6.09 Å². The molecular weight excluding hydrogens is 641 g/mol.